The molecule has 0 fully saturated rings. The van der Waals surface area contributed by atoms with Gasteiger partial charge < -0.3 is 20.5 Å². The third-order valence-electron chi connectivity index (χ3n) is 5.01. The summed E-state index contributed by atoms with van der Waals surface area (Å²) in [6.07, 6.45) is 0. The van der Waals surface area contributed by atoms with Crippen molar-refractivity contribution in [3.63, 3.8) is 0 Å². The Kier molecular flexibility index (Phi) is 34.9. The molecule has 0 aliphatic heterocycles. The van der Waals surface area contributed by atoms with Crippen molar-refractivity contribution in [2.75, 3.05) is 25.2 Å². The second-order valence-corrected chi connectivity index (χ2v) is 58.1. The minimum atomic E-state index is -0.589. The molecule has 0 heterocycles. The van der Waals surface area contributed by atoms with Crippen LogP contribution in [0.25, 0.3) is 0 Å². The average Bonchev–Trinajstić information content (AvgIpc) is 2.97. The second kappa shape index (κ2) is 31.6. The van der Waals surface area contributed by atoms with E-state index < -0.39 is 12.0 Å². The number of amides is 2. The molecule has 2 atom stereocenters. The molecule has 243 valence electrons. The SMILES string of the molecule is CC(C)C(CO)NC(=O)CSc1ccccc1.COC(=O)C(NC(=O)CSc1ccccc1)C(C)C.[I][V]([I])[I].[I][V][I]. The first-order valence-electron chi connectivity index (χ1n) is 12.7. The summed E-state index contributed by atoms with van der Waals surface area (Å²) in [5.41, 5.74) is 0. The van der Waals surface area contributed by atoms with Crippen LogP contribution in [-0.4, -0.2) is 60.2 Å². The summed E-state index contributed by atoms with van der Waals surface area (Å²) in [6, 6.07) is 18.7. The van der Waals surface area contributed by atoms with Gasteiger partial charge in [0.2, 0.25) is 11.8 Å². The first kappa shape index (κ1) is 47.4. The molecule has 0 aromatic heterocycles. The standard InChI is InChI=1S/C14H19NO3S.C13H19NO2S.5HI.2V/c1-10(2)13(14(17)18-3)15-12(16)9-19-11-7-5-4-6-8-11;1-10(2)12(8-15)14-13(16)9-17-11-6-4-3-5-7-11;;;;;;;/h4-8,10,13H,9H2,1-3H3,(H,15,16);3-7,10,12,15H,8-9H2,1-2H3,(H,14,16);5*1H;;/q;;;;;;;+2;+3/p-5. The summed E-state index contributed by atoms with van der Waals surface area (Å²) in [5, 5.41) is 14.6. The molecule has 2 unspecified atom stereocenters. The van der Waals surface area contributed by atoms with Crippen LogP contribution in [0.5, 0.6) is 0 Å². The number of esters is 1. The molecule has 2 aromatic rings. The van der Waals surface area contributed by atoms with E-state index in [9.17, 15) is 14.4 Å². The first-order valence-corrected chi connectivity index (χ1v) is 37.2. The molecule has 2 amide bonds. The molecule has 2 rings (SSSR count). The van der Waals surface area contributed by atoms with Crippen LogP contribution in [0.2, 0.25) is 0 Å². The Balaban J connectivity index is 0. The Morgan fingerprint density at radius 1 is 0.814 bits per heavy atom. The van der Waals surface area contributed by atoms with Crippen LogP contribution in [0.3, 0.4) is 0 Å². The van der Waals surface area contributed by atoms with Crippen molar-refractivity contribution in [3.8, 4) is 0 Å². The normalized spacial score (nSPS) is 11.4. The fourth-order valence-electron chi connectivity index (χ4n) is 2.84. The van der Waals surface area contributed by atoms with Gasteiger partial charge >= 0.3 is 120 Å². The van der Waals surface area contributed by atoms with Gasteiger partial charge in [0.25, 0.3) is 0 Å². The topological polar surface area (TPSA) is 105 Å². The third kappa shape index (κ3) is 29.0. The Hall–Kier alpha value is 2.33. The summed E-state index contributed by atoms with van der Waals surface area (Å²) in [7, 11) is 1.95. The molecule has 3 N–H and O–H groups in total. The minimum absolute atomic E-state index is 0.00174. The van der Waals surface area contributed by atoms with Gasteiger partial charge in [0.1, 0.15) is 6.04 Å². The van der Waals surface area contributed by atoms with Crippen LogP contribution in [0, 0.1) is 11.8 Å². The van der Waals surface area contributed by atoms with E-state index >= 15 is 0 Å². The summed E-state index contributed by atoms with van der Waals surface area (Å²) >= 11 is 15.1. The van der Waals surface area contributed by atoms with Crippen LogP contribution in [0.1, 0.15) is 27.7 Å². The number of hydrogen-bond acceptors (Lipinski definition) is 7. The molecule has 43 heavy (non-hydrogen) atoms. The number of methoxy groups -OCH3 is 1. The maximum atomic E-state index is 11.8. The van der Waals surface area contributed by atoms with Gasteiger partial charge in [0.15, 0.2) is 0 Å². The fraction of sp³-hybridized carbons (Fsp3) is 0.444. The average molecular weight is 1270 g/mol. The molecule has 0 aliphatic rings. The number of ether oxygens (including phenoxy) is 1. The number of aliphatic hydroxyl groups is 1. The quantitative estimate of drug-likeness (QED) is 0.112. The van der Waals surface area contributed by atoms with Gasteiger partial charge in [-0.05, 0) is 36.1 Å². The van der Waals surface area contributed by atoms with Gasteiger partial charge in [-0.1, -0.05) is 64.1 Å². The fourth-order valence-corrected chi connectivity index (χ4v) is 4.30. The zero-order chi connectivity index (χ0) is 33.2. The molecule has 16 heteroatoms. The molecule has 2 aromatic carbocycles. The van der Waals surface area contributed by atoms with Crippen molar-refractivity contribution in [1.29, 1.82) is 0 Å². The van der Waals surface area contributed by atoms with Crippen molar-refractivity contribution in [2.24, 2.45) is 11.8 Å². The second-order valence-electron chi connectivity index (χ2n) is 8.87. The van der Waals surface area contributed by atoms with Crippen LogP contribution in [-0.2, 0) is 33.5 Å². The van der Waals surface area contributed by atoms with Gasteiger partial charge in [0, 0.05) is 9.79 Å². The predicted octanol–water partition coefficient (Wildman–Crippen LogP) is 8.43. The van der Waals surface area contributed by atoms with E-state index in [0.29, 0.717) is 15.2 Å². The molecule has 7 nitrogen and oxygen atoms in total. The Morgan fingerprint density at radius 2 is 1.19 bits per heavy atom. The van der Waals surface area contributed by atoms with Crippen LogP contribution in [0.4, 0.5) is 0 Å². The van der Waals surface area contributed by atoms with Gasteiger partial charge in [-0.15, -0.1) is 23.5 Å². The number of aliphatic hydroxyl groups excluding tert-OH is 1. The van der Waals surface area contributed by atoms with Gasteiger partial charge in [0.05, 0.1) is 31.3 Å². The van der Waals surface area contributed by atoms with E-state index in [2.05, 4.69) is 115 Å². The van der Waals surface area contributed by atoms with E-state index in [0.717, 1.165) is 9.79 Å². The molecular formula is C27H38I5N2O5S2V2. The first-order chi connectivity index (χ1) is 20.3. The Labute approximate surface area is 332 Å². The van der Waals surface area contributed by atoms with E-state index in [1.54, 1.807) is 0 Å². The zero-order valence-corrected chi connectivity index (χ0v) is 39.6. The summed E-state index contributed by atoms with van der Waals surface area (Å²) in [4.78, 5) is 36.8. The number of benzene rings is 2. The van der Waals surface area contributed by atoms with E-state index in [-0.39, 0.29) is 47.0 Å². The summed E-state index contributed by atoms with van der Waals surface area (Å²) in [5.74, 6) is 0.290. The van der Waals surface area contributed by atoms with Crippen LogP contribution in [0.15, 0.2) is 70.5 Å². The van der Waals surface area contributed by atoms with Crippen LogP contribution >= 0.6 is 123 Å². The number of rotatable bonds is 12. The zero-order valence-electron chi connectivity index (χ0n) is 24.4. The van der Waals surface area contributed by atoms with Crippen molar-refractivity contribution in [3.05, 3.63) is 60.7 Å². The molecule has 0 saturated heterocycles. The third-order valence-corrected chi connectivity index (χ3v) is 7.04. The summed E-state index contributed by atoms with van der Waals surface area (Å²) in [6.45, 7) is 7.68. The number of thioether (sulfide) groups is 2. The van der Waals surface area contributed by atoms with Crippen molar-refractivity contribution < 1.29 is 38.6 Å². The van der Waals surface area contributed by atoms with Crippen molar-refractivity contribution >= 4 is 141 Å². The molecule has 0 bridgehead atoms. The van der Waals surface area contributed by atoms with Crippen molar-refractivity contribution in [2.45, 2.75) is 49.6 Å². The number of nitrogens with one attached hydrogen (secondary N) is 2. The van der Waals surface area contributed by atoms with E-state index in [4.69, 9.17) is 5.11 Å². The number of halogens is 5. The number of hydrogen-bond donors (Lipinski definition) is 3. The van der Waals surface area contributed by atoms with Gasteiger partial charge in [-0.3, -0.25) is 9.59 Å². The van der Waals surface area contributed by atoms with E-state index in [1.807, 2.05) is 88.4 Å². The van der Waals surface area contributed by atoms with E-state index in [1.165, 1.54) is 30.6 Å². The summed E-state index contributed by atoms with van der Waals surface area (Å²) < 4.78 is 4.68. The Morgan fingerprint density at radius 3 is 1.49 bits per heavy atom. The molecular weight excluding hydrogens is 1230 g/mol. The monoisotopic (exact) mass is 1270 g/mol. The number of carbonyl (C=O) groups is 3. The van der Waals surface area contributed by atoms with Gasteiger partial charge in [-0.25, -0.2) is 4.79 Å². The van der Waals surface area contributed by atoms with Gasteiger partial charge in [-0.2, -0.15) is 0 Å². The molecule has 0 saturated carbocycles. The molecule has 0 radical (unpaired) electrons. The molecule has 0 spiro atoms. The van der Waals surface area contributed by atoms with Crippen LogP contribution < -0.4 is 10.6 Å². The number of carbonyl (C=O) groups excluding carboxylic acids is 3. The predicted molar refractivity (Wildman–Crippen MR) is 217 cm³/mol. The maximum absolute atomic E-state index is 11.8. The Bertz CT molecular complexity index is 1000. The van der Waals surface area contributed by atoms with Crippen molar-refractivity contribution in [1.82, 2.24) is 10.6 Å². The molecule has 0 aliphatic carbocycles.